The summed E-state index contributed by atoms with van der Waals surface area (Å²) in [6.45, 7) is 13.4. The van der Waals surface area contributed by atoms with Gasteiger partial charge in [0, 0.05) is 30.5 Å². The van der Waals surface area contributed by atoms with Crippen molar-refractivity contribution in [2.45, 2.75) is 59.4 Å². The van der Waals surface area contributed by atoms with Crippen LogP contribution in [0.1, 0.15) is 61.2 Å². The number of likely N-dealkylation sites (tertiary alicyclic amines) is 1. The molecule has 1 atom stereocenters. The minimum Gasteiger partial charge on any atom is -0.309 e. The van der Waals surface area contributed by atoms with Gasteiger partial charge in [-0.2, -0.15) is 0 Å². The summed E-state index contributed by atoms with van der Waals surface area (Å²) in [6, 6.07) is 2.57. The number of rotatable bonds is 5. The molecular formula is C18H31N3. The molecule has 1 N–H and O–H groups in total. The predicted octanol–water partition coefficient (Wildman–Crippen LogP) is 3.53. The Hall–Kier alpha value is -0.930. The molecule has 0 spiro atoms. The van der Waals surface area contributed by atoms with Crippen molar-refractivity contribution >= 4 is 0 Å². The van der Waals surface area contributed by atoms with E-state index in [1.807, 2.05) is 0 Å². The van der Waals surface area contributed by atoms with Crippen molar-refractivity contribution in [1.29, 1.82) is 0 Å². The molecule has 1 fully saturated rings. The normalized spacial score (nSPS) is 18.5. The quantitative estimate of drug-likeness (QED) is 0.898. The number of nitrogens with zero attached hydrogens (tertiary/aromatic N) is 2. The van der Waals surface area contributed by atoms with E-state index in [1.165, 1.54) is 62.1 Å². The van der Waals surface area contributed by atoms with Crippen LogP contribution in [0.15, 0.2) is 6.07 Å². The molecule has 3 heteroatoms. The number of nitrogens with one attached hydrogen (secondary N) is 1. The second-order valence-corrected chi connectivity index (χ2v) is 6.51. The summed E-state index contributed by atoms with van der Waals surface area (Å²) in [4.78, 5) is 7.23. The predicted molar refractivity (Wildman–Crippen MR) is 89.8 cm³/mol. The molecule has 118 valence electrons. The largest absolute Gasteiger partial charge is 0.309 e. The van der Waals surface area contributed by atoms with Crippen molar-refractivity contribution in [3.05, 3.63) is 28.6 Å². The zero-order valence-electron chi connectivity index (χ0n) is 14.2. The van der Waals surface area contributed by atoms with Gasteiger partial charge in [-0.1, -0.05) is 12.8 Å². The fourth-order valence-electron chi connectivity index (χ4n) is 3.59. The van der Waals surface area contributed by atoms with Gasteiger partial charge in [-0.05, 0) is 70.8 Å². The average Bonchev–Trinajstić information content (AvgIpc) is 2.66. The summed E-state index contributed by atoms with van der Waals surface area (Å²) in [6.07, 6.45) is 5.56. The highest BCUT2D eigenvalue weighted by Crippen LogP contribution is 2.21. The molecule has 0 aliphatic carbocycles. The van der Waals surface area contributed by atoms with Crippen LogP contribution in [0.4, 0.5) is 0 Å². The van der Waals surface area contributed by atoms with Gasteiger partial charge in [0.15, 0.2) is 0 Å². The fourth-order valence-corrected chi connectivity index (χ4v) is 3.59. The van der Waals surface area contributed by atoms with Gasteiger partial charge in [0.05, 0.1) is 0 Å². The number of aryl methyl sites for hydroxylation is 3. The van der Waals surface area contributed by atoms with E-state index in [4.69, 9.17) is 0 Å². The van der Waals surface area contributed by atoms with E-state index in [-0.39, 0.29) is 0 Å². The molecule has 0 saturated carbocycles. The maximum atomic E-state index is 4.62. The van der Waals surface area contributed by atoms with Gasteiger partial charge in [0.2, 0.25) is 0 Å². The molecule has 1 aromatic heterocycles. The molecule has 21 heavy (non-hydrogen) atoms. The minimum atomic E-state index is 0.380. The Labute approximate surface area is 130 Å². The fraction of sp³-hybridized carbons (Fsp3) is 0.722. The molecule has 0 radical (unpaired) electrons. The van der Waals surface area contributed by atoms with Crippen molar-refractivity contribution in [2.24, 2.45) is 0 Å². The zero-order chi connectivity index (χ0) is 15.2. The third-order valence-corrected chi connectivity index (χ3v) is 4.59. The zero-order valence-corrected chi connectivity index (χ0v) is 14.2. The molecule has 1 unspecified atom stereocenters. The first kappa shape index (κ1) is 16.4. The van der Waals surface area contributed by atoms with Crippen LogP contribution in [-0.4, -0.2) is 36.1 Å². The standard InChI is InChI=1S/C18H31N3/c1-14-13-15(2)20-17(4)18(14)16(3)19-9-12-21-10-7-5-6-8-11-21/h13,16,19H,5-12H2,1-4H3. The van der Waals surface area contributed by atoms with E-state index in [2.05, 4.69) is 49.0 Å². The summed E-state index contributed by atoms with van der Waals surface area (Å²) in [5, 5.41) is 3.69. The Morgan fingerprint density at radius 3 is 2.43 bits per heavy atom. The van der Waals surface area contributed by atoms with Crippen LogP contribution in [0, 0.1) is 20.8 Å². The van der Waals surface area contributed by atoms with Gasteiger partial charge in [-0.15, -0.1) is 0 Å². The van der Waals surface area contributed by atoms with Gasteiger partial charge in [0.25, 0.3) is 0 Å². The highest BCUT2D eigenvalue weighted by molar-refractivity contribution is 5.33. The maximum absolute atomic E-state index is 4.62. The van der Waals surface area contributed by atoms with Gasteiger partial charge in [-0.3, -0.25) is 4.98 Å². The summed E-state index contributed by atoms with van der Waals surface area (Å²) in [5.74, 6) is 0. The van der Waals surface area contributed by atoms with E-state index < -0.39 is 0 Å². The third-order valence-electron chi connectivity index (χ3n) is 4.59. The molecular weight excluding hydrogens is 258 g/mol. The van der Waals surface area contributed by atoms with Gasteiger partial charge in [-0.25, -0.2) is 0 Å². The first-order valence-corrected chi connectivity index (χ1v) is 8.48. The molecule has 3 nitrogen and oxygen atoms in total. The minimum absolute atomic E-state index is 0.380. The van der Waals surface area contributed by atoms with Crippen LogP contribution in [0.2, 0.25) is 0 Å². The van der Waals surface area contributed by atoms with E-state index in [9.17, 15) is 0 Å². The van der Waals surface area contributed by atoms with Crippen LogP contribution >= 0.6 is 0 Å². The van der Waals surface area contributed by atoms with Crippen molar-refractivity contribution in [1.82, 2.24) is 15.2 Å². The second-order valence-electron chi connectivity index (χ2n) is 6.51. The third kappa shape index (κ3) is 4.79. The van der Waals surface area contributed by atoms with Crippen LogP contribution in [0.3, 0.4) is 0 Å². The average molecular weight is 289 g/mol. The Bertz CT molecular complexity index is 425. The van der Waals surface area contributed by atoms with Crippen molar-refractivity contribution in [3.8, 4) is 0 Å². The first-order chi connectivity index (χ1) is 10.1. The van der Waals surface area contributed by atoms with E-state index in [1.54, 1.807) is 0 Å². The monoisotopic (exact) mass is 289 g/mol. The van der Waals surface area contributed by atoms with Crippen LogP contribution in [0.25, 0.3) is 0 Å². The number of pyridine rings is 1. The van der Waals surface area contributed by atoms with Crippen LogP contribution < -0.4 is 5.32 Å². The first-order valence-electron chi connectivity index (χ1n) is 8.48. The molecule has 1 aromatic rings. The van der Waals surface area contributed by atoms with Crippen molar-refractivity contribution in [3.63, 3.8) is 0 Å². The van der Waals surface area contributed by atoms with Crippen LogP contribution in [0.5, 0.6) is 0 Å². The molecule has 0 bridgehead atoms. The SMILES string of the molecule is Cc1cc(C)c(C(C)NCCN2CCCCCC2)c(C)n1. The topological polar surface area (TPSA) is 28.2 Å². The second kappa shape index (κ2) is 7.90. The number of aromatic nitrogens is 1. The molecule has 1 aliphatic heterocycles. The van der Waals surface area contributed by atoms with E-state index in [0.29, 0.717) is 6.04 Å². The van der Waals surface area contributed by atoms with E-state index >= 15 is 0 Å². The Balaban J connectivity index is 1.85. The number of hydrogen-bond acceptors (Lipinski definition) is 3. The number of hydrogen-bond donors (Lipinski definition) is 1. The lowest BCUT2D eigenvalue weighted by Crippen LogP contribution is -2.34. The summed E-state index contributed by atoms with van der Waals surface area (Å²) in [5.41, 5.74) is 5.01. The molecule has 1 aliphatic rings. The molecule has 0 aromatic carbocycles. The molecule has 2 rings (SSSR count). The lowest BCUT2D eigenvalue weighted by atomic mass is 10.0. The van der Waals surface area contributed by atoms with Crippen molar-refractivity contribution in [2.75, 3.05) is 26.2 Å². The smallest absolute Gasteiger partial charge is 0.0426 e. The van der Waals surface area contributed by atoms with Gasteiger partial charge in [0.1, 0.15) is 0 Å². The molecule has 2 heterocycles. The highest BCUT2D eigenvalue weighted by atomic mass is 15.1. The summed E-state index contributed by atoms with van der Waals surface area (Å²) >= 11 is 0. The van der Waals surface area contributed by atoms with Gasteiger partial charge < -0.3 is 10.2 Å². The highest BCUT2D eigenvalue weighted by Gasteiger charge is 2.13. The molecule has 1 saturated heterocycles. The Morgan fingerprint density at radius 2 is 1.81 bits per heavy atom. The Kier molecular flexibility index (Phi) is 6.19. The van der Waals surface area contributed by atoms with Gasteiger partial charge >= 0.3 is 0 Å². The van der Waals surface area contributed by atoms with Crippen molar-refractivity contribution < 1.29 is 0 Å². The lowest BCUT2D eigenvalue weighted by molar-refractivity contribution is 0.280. The molecule has 0 amide bonds. The lowest BCUT2D eigenvalue weighted by Gasteiger charge is -2.23. The summed E-state index contributed by atoms with van der Waals surface area (Å²) < 4.78 is 0. The Morgan fingerprint density at radius 1 is 1.14 bits per heavy atom. The van der Waals surface area contributed by atoms with Crippen LogP contribution in [-0.2, 0) is 0 Å². The van der Waals surface area contributed by atoms with E-state index in [0.717, 1.165) is 12.2 Å². The maximum Gasteiger partial charge on any atom is 0.0426 e. The summed E-state index contributed by atoms with van der Waals surface area (Å²) in [7, 11) is 0.